The number of sulfone groups is 1. The van der Waals surface area contributed by atoms with Crippen LogP contribution in [0.3, 0.4) is 0 Å². The summed E-state index contributed by atoms with van der Waals surface area (Å²) < 4.78 is 23.1. The molecule has 0 heterocycles. The van der Waals surface area contributed by atoms with E-state index < -0.39 is 9.84 Å². The van der Waals surface area contributed by atoms with E-state index in [-0.39, 0.29) is 0 Å². The molecule has 0 amide bonds. The molecular weight excluding hydrogens is 332 g/mol. The molecule has 0 N–H and O–H groups in total. The summed E-state index contributed by atoms with van der Waals surface area (Å²) in [5, 5.41) is 0. The van der Waals surface area contributed by atoms with E-state index >= 15 is 0 Å². The van der Waals surface area contributed by atoms with Gasteiger partial charge in [0, 0.05) is 19.8 Å². The van der Waals surface area contributed by atoms with Crippen molar-refractivity contribution in [2.75, 3.05) is 19.8 Å². The summed E-state index contributed by atoms with van der Waals surface area (Å²) >= 11 is 0. The van der Waals surface area contributed by atoms with Crippen LogP contribution in [0.5, 0.6) is 0 Å². The molecule has 0 spiro atoms. The minimum absolute atomic E-state index is 0.355. The van der Waals surface area contributed by atoms with E-state index in [0.717, 1.165) is 29.8 Å². The van der Waals surface area contributed by atoms with E-state index in [0.29, 0.717) is 4.90 Å². The number of aryl methyl sites for hydroxylation is 2. The Balaban J connectivity index is 2.23. The summed E-state index contributed by atoms with van der Waals surface area (Å²) in [4.78, 5) is 6.95. The third-order valence-corrected chi connectivity index (χ3v) is 5.42. The zero-order valence-electron chi connectivity index (χ0n) is 15.6. The molecular formula is C20H26N2O2S. The lowest BCUT2D eigenvalue weighted by molar-refractivity contribution is 0.552. The van der Waals surface area contributed by atoms with Gasteiger partial charge in [-0.1, -0.05) is 18.2 Å². The van der Waals surface area contributed by atoms with Crippen LogP contribution in [0.15, 0.2) is 46.3 Å². The third-order valence-electron chi connectivity index (χ3n) is 4.29. The summed E-state index contributed by atoms with van der Waals surface area (Å²) in [6.07, 6.45) is 3.85. The molecule has 0 bridgehead atoms. The molecule has 5 heteroatoms. The molecule has 0 atom stereocenters. The molecule has 2 aromatic rings. The largest absolute Gasteiger partial charge is 0.366 e. The van der Waals surface area contributed by atoms with Gasteiger partial charge in [0.25, 0.3) is 0 Å². The van der Waals surface area contributed by atoms with E-state index in [4.69, 9.17) is 0 Å². The summed E-state index contributed by atoms with van der Waals surface area (Å²) in [5.74, 6) is 0. The summed E-state index contributed by atoms with van der Waals surface area (Å²) in [7, 11) is -1.15. The Kier molecular flexibility index (Phi) is 6.01. The van der Waals surface area contributed by atoms with Crippen LogP contribution in [0.1, 0.15) is 29.2 Å². The third kappa shape index (κ3) is 5.16. The molecule has 0 saturated carbocycles. The van der Waals surface area contributed by atoms with Crippen molar-refractivity contribution in [1.82, 2.24) is 4.90 Å². The standard InChI is InChI=1S/C20H26N2O2S/c1-6-22(4)14-21-20-12-15(2)18(11-16(20)3)13-17-7-9-19(10-8-17)25(5,23)24/h7-12,14H,6,13H2,1-5H3. The number of hydrogen-bond donors (Lipinski definition) is 0. The lowest BCUT2D eigenvalue weighted by atomic mass is 9.97. The first kappa shape index (κ1) is 19.2. The maximum Gasteiger partial charge on any atom is 0.175 e. The van der Waals surface area contributed by atoms with Crippen molar-refractivity contribution in [3.05, 3.63) is 58.7 Å². The van der Waals surface area contributed by atoms with E-state index in [9.17, 15) is 8.42 Å². The van der Waals surface area contributed by atoms with Crippen molar-refractivity contribution < 1.29 is 8.42 Å². The van der Waals surface area contributed by atoms with E-state index in [1.54, 1.807) is 12.1 Å². The van der Waals surface area contributed by atoms with Crippen molar-refractivity contribution in [2.24, 2.45) is 4.99 Å². The van der Waals surface area contributed by atoms with Crippen LogP contribution in [0.25, 0.3) is 0 Å². The van der Waals surface area contributed by atoms with E-state index in [2.05, 4.69) is 37.9 Å². The maximum atomic E-state index is 11.6. The molecule has 0 aliphatic carbocycles. The second-order valence-corrected chi connectivity index (χ2v) is 8.49. The fourth-order valence-electron chi connectivity index (χ4n) is 2.51. The quantitative estimate of drug-likeness (QED) is 0.581. The zero-order valence-corrected chi connectivity index (χ0v) is 16.4. The lowest BCUT2D eigenvalue weighted by Gasteiger charge is -2.12. The van der Waals surface area contributed by atoms with E-state index in [1.165, 1.54) is 17.4 Å². The van der Waals surface area contributed by atoms with Gasteiger partial charge in [-0.15, -0.1) is 0 Å². The highest BCUT2D eigenvalue weighted by Crippen LogP contribution is 2.25. The highest BCUT2D eigenvalue weighted by molar-refractivity contribution is 7.90. The molecule has 25 heavy (non-hydrogen) atoms. The van der Waals surface area contributed by atoms with Gasteiger partial charge < -0.3 is 4.90 Å². The van der Waals surface area contributed by atoms with Gasteiger partial charge in [0.2, 0.25) is 0 Å². The Labute approximate surface area is 151 Å². The number of aliphatic imine (C=N–C) groups is 1. The van der Waals surface area contributed by atoms with Crippen molar-refractivity contribution in [2.45, 2.75) is 32.1 Å². The Morgan fingerprint density at radius 3 is 2.28 bits per heavy atom. The Bertz CT molecular complexity index is 869. The normalized spacial score (nSPS) is 11.9. The second kappa shape index (κ2) is 7.83. The van der Waals surface area contributed by atoms with Crippen molar-refractivity contribution >= 4 is 21.9 Å². The minimum Gasteiger partial charge on any atom is -0.366 e. The maximum absolute atomic E-state index is 11.6. The zero-order chi connectivity index (χ0) is 18.6. The summed E-state index contributed by atoms with van der Waals surface area (Å²) in [6.45, 7) is 7.15. The van der Waals surface area contributed by atoms with Crippen LogP contribution < -0.4 is 0 Å². The van der Waals surface area contributed by atoms with Gasteiger partial charge in [0.1, 0.15) is 0 Å². The van der Waals surface area contributed by atoms with Crippen LogP contribution >= 0.6 is 0 Å². The van der Waals surface area contributed by atoms with Gasteiger partial charge >= 0.3 is 0 Å². The van der Waals surface area contributed by atoms with E-state index in [1.807, 2.05) is 30.4 Å². The van der Waals surface area contributed by atoms with Crippen molar-refractivity contribution in [1.29, 1.82) is 0 Å². The van der Waals surface area contributed by atoms with Crippen molar-refractivity contribution in [3.63, 3.8) is 0 Å². The van der Waals surface area contributed by atoms with Gasteiger partial charge in [0.05, 0.1) is 16.9 Å². The van der Waals surface area contributed by atoms with Crippen LogP contribution in [-0.2, 0) is 16.3 Å². The topological polar surface area (TPSA) is 49.7 Å². The molecule has 0 aliphatic heterocycles. The molecule has 0 aliphatic rings. The molecule has 134 valence electrons. The molecule has 0 fully saturated rings. The molecule has 0 saturated heterocycles. The highest BCUT2D eigenvalue weighted by atomic mass is 32.2. The predicted octanol–water partition coefficient (Wildman–Crippen LogP) is 3.91. The van der Waals surface area contributed by atoms with Gasteiger partial charge in [0.15, 0.2) is 9.84 Å². The Morgan fingerprint density at radius 1 is 1.08 bits per heavy atom. The second-order valence-electron chi connectivity index (χ2n) is 6.48. The fraction of sp³-hybridized carbons (Fsp3) is 0.350. The smallest absolute Gasteiger partial charge is 0.175 e. The molecule has 0 aromatic heterocycles. The van der Waals surface area contributed by atoms with Crippen LogP contribution in [0.2, 0.25) is 0 Å². The van der Waals surface area contributed by atoms with Crippen molar-refractivity contribution in [3.8, 4) is 0 Å². The molecule has 0 radical (unpaired) electrons. The monoisotopic (exact) mass is 358 g/mol. The Morgan fingerprint density at radius 2 is 1.72 bits per heavy atom. The minimum atomic E-state index is -3.15. The Hall–Kier alpha value is -2.14. The van der Waals surface area contributed by atoms with Gasteiger partial charge in [-0.3, -0.25) is 0 Å². The number of rotatable bonds is 6. The highest BCUT2D eigenvalue weighted by Gasteiger charge is 2.08. The first-order valence-corrected chi connectivity index (χ1v) is 10.2. The SMILES string of the molecule is CCN(C)C=Nc1cc(C)c(Cc2ccc(S(C)(=O)=O)cc2)cc1C. The lowest BCUT2D eigenvalue weighted by Crippen LogP contribution is -2.14. The molecule has 4 nitrogen and oxygen atoms in total. The number of hydrogen-bond acceptors (Lipinski definition) is 3. The first-order valence-electron chi connectivity index (χ1n) is 8.34. The summed E-state index contributed by atoms with van der Waals surface area (Å²) in [6, 6.07) is 11.4. The number of nitrogens with zero attached hydrogens (tertiary/aromatic N) is 2. The fourth-order valence-corrected chi connectivity index (χ4v) is 3.14. The van der Waals surface area contributed by atoms with Crippen LogP contribution in [0, 0.1) is 13.8 Å². The molecule has 2 rings (SSSR count). The van der Waals surface area contributed by atoms with Gasteiger partial charge in [-0.25, -0.2) is 13.4 Å². The number of benzene rings is 2. The van der Waals surface area contributed by atoms with Gasteiger partial charge in [-0.05, 0) is 67.6 Å². The molecule has 2 aromatic carbocycles. The average molecular weight is 359 g/mol. The summed E-state index contributed by atoms with van der Waals surface area (Å²) in [5.41, 5.74) is 5.62. The predicted molar refractivity (Wildman–Crippen MR) is 105 cm³/mol. The first-order chi connectivity index (χ1) is 11.7. The van der Waals surface area contributed by atoms with Gasteiger partial charge in [-0.2, -0.15) is 0 Å². The van der Waals surface area contributed by atoms with Crippen LogP contribution in [0.4, 0.5) is 5.69 Å². The molecule has 0 unspecified atom stereocenters. The average Bonchev–Trinajstić information content (AvgIpc) is 2.56. The van der Waals surface area contributed by atoms with Crippen LogP contribution in [-0.4, -0.2) is 39.5 Å².